The lowest BCUT2D eigenvalue weighted by molar-refractivity contribution is 0.602. The molecule has 0 spiro atoms. The van der Waals surface area contributed by atoms with E-state index in [4.69, 9.17) is 0 Å². The van der Waals surface area contributed by atoms with Gasteiger partial charge in [0.05, 0.1) is 0 Å². The topological polar surface area (TPSA) is 15.3 Å². The summed E-state index contributed by atoms with van der Waals surface area (Å²) in [4.78, 5) is 2.60. The molecule has 1 saturated heterocycles. The maximum absolute atomic E-state index is 3.62. The second kappa shape index (κ2) is 4.27. The molecule has 96 valence electrons. The second-order valence-electron chi connectivity index (χ2n) is 6.10. The van der Waals surface area contributed by atoms with Crippen LogP contribution in [0.2, 0.25) is 0 Å². The Morgan fingerprint density at radius 1 is 1.11 bits per heavy atom. The first-order valence-corrected chi connectivity index (χ1v) is 7.53. The molecule has 1 N–H and O–H groups in total. The number of nitrogens with one attached hydrogen (secondary N) is 1. The van der Waals surface area contributed by atoms with Crippen molar-refractivity contribution in [3.63, 3.8) is 0 Å². The van der Waals surface area contributed by atoms with Crippen molar-refractivity contribution in [1.82, 2.24) is 5.32 Å². The number of rotatable bonds is 2. The van der Waals surface area contributed by atoms with Crippen LogP contribution in [-0.2, 0) is 19.3 Å². The molecule has 0 amide bonds. The van der Waals surface area contributed by atoms with Crippen molar-refractivity contribution in [3.05, 3.63) is 28.8 Å². The Labute approximate surface area is 109 Å². The van der Waals surface area contributed by atoms with Crippen molar-refractivity contribution in [2.45, 2.75) is 44.6 Å². The van der Waals surface area contributed by atoms with E-state index in [2.05, 4.69) is 22.3 Å². The molecule has 1 aromatic rings. The van der Waals surface area contributed by atoms with Gasteiger partial charge in [0.25, 0.3) is 0 Å². The molecule has 2 nitrogen and oxygen atoms in total. The highest BCUT2D eigenvalue weighted by molar-refractivity contribution is 5.66. The highest BCUT2D eigenvalue weighted by atomic mass is 15.2. The van der Waals surface area contributed by atoms with Crippen LogP contribution in [0.1, 0.15) is 36.0 Å². The summed E-state index contributed by atoms with van der Waals surface area (Å²) in [5, 5.41) is 3.62. The van der Waals surface area contributed by atoms with Gasteiger partial charge in [0.15, 0.2) is 0 Å². The number of anilines is 1. The summed E-state index contributed by atoms with van der Waals surface area (Å²) in [5.41, 5.74) is 6.43. The Balaban J connectivity index is 1.65. The summed E-state index contributed by atoms with van der Waals surface area (Å²) >= 11 is 0. The zero-order chi connectivity index (χ0) is 11.9. The van der Waals surface area contributed by atoms with E-state index in [-0.39, 0.29) is 0 Å². The summed E-state index contributed by atoms with van der Waals surface area (Å²) in [7, 11) is 0. The van der Waals surface area contributed by atoms with E-state index >= 15 is 0 Å². The third kappa shape index (κ3) is 1.74. The minimum atomic E-state index is 0.733. The van der Waals surface area contributed by atoms with Crippen molar-refractivity contribution < 1.29 is 0 Å². The normalized spacial score (nSPS) is 25.6. The van der Waals surface area contributed by atoms with Gasteiger partial charge in [0.2, 0.25) is 0 Å². The lowest BCUT2D eigenvalue weighted by Crippen LogP contribution is -2.27. The standard InChI is InChI=1S/C16H22N2/c1-4-15(17-6-1)11-12-9-13-3-2-7-18-8-5-14(10-12)16(13)18/h9-10,15,17H,1-8,11H2. The third-order valence-electron chi connectivity index (χ3n) is 4.81. The van der Waals surface area contributed by atoms with Gasteiger partial charge in [-0.1, -0.05) is 12.1 Å². The predicted molar refractivity (Wildman–Crippen MR) is 75.4 cm³/mol. The fourth-order valence-electron chi connectivity index (χ4n) is 4.00. The summed E-state index contributed by atoms with van der Waals surface area (Å²) < 4.78 is 0. The molecule has 0 bridgehead atoms. The zero-order valence-electron chi connectivity index (χ0n) is 11.0. The molecule has 1 aromatic carbocycles. The van der Waals surface area contributed by atoms with Crippen molar-refractivity contribution in [2.75, 3.05) is 24.5 Å². The van der Waals surface area contributed by atoms with Crippen LogP contribution in [-0.4, -0.2) is 25.7 Å². The Morgan fingerprint density at radius 3 is 2.83 bits per heavy atom. The van der Waals surface area contributed by atoms with Crippen LogP contribution < -0.4 is 10.2 Å². The number of hydrogen-bond donors (Lipinski definition) is 1. The molecule has 2 heteroatoms. The van der Waals surface area contributed by atoms with Crippen LogP contribution in [0, 0.1) is 0 Å². The third-order valence-corrected chi connectivity index (χ3v) is 4.81. The molecule has 0 aliphatic carbocycles. The molecule has 1 atom stereocenters. The largest absolute Gasteiger partial charge is 0.371 e. The molecular weight excluding hydrogens is 220 g/mol. The summed E-state index contributed by atoms with van der Waals surface area (Å²) in [6, 6.07) is 5.72. The molecular formula is C16H22N2. The van der Waals surface area contributed by atoms with Crippen LogP contribution in [0.25, 0.3) is 0 Å². The van der Waals surface area contributed by atoms with E-state index < -0.39 is 0 Å². The molecule has 0 radical (unpaired) electrons. The van der Waals surface area contributed by atoms with Crippen molar-refractivity contribution >= 4 is 5.69 Å². The molecule has 0 saturated carbocycles. The first-order valence-electron chi connectivity index (χ1n) is 7.53. The summed E-state index contributed by atoms with van der Waals surface area (Å²) in [6.07, 6.45) is 7.87. The molecule has 0 aromatic heterocycles. The maximum Gasteiger partial charge on any atom is 0.0432 e. The van der Waals surface area contributed by atoms with E-state index in [9.17, 15) is 0 Å². The predicted octanol–water partition coefficient (Wildman–Crippen LogP) is 2.29. The van der Waals surface area contributed by atoms with Gasteiger partial charge in [-0.3, -0.25) is 0 Å². The Morgan fingerprint density at radius 2 is 2.00 bits per heavy atom. The molecule has 18 heavy (non-hydrogen) atoms. The highest BCUT2D eigenvalue weighted by Crippen LogP contribution is 2.37. The van der Waals surface area contributed by atoms with E-state index in [1.54, 1.807) is 22.4 Å². The molecule has 3 heterocycles. The zero-order valence-corrected chi connectivity index (χ0v) is 11.0. The van der Waals surface area contributed by atoms with Gasteiger partial charge in [-0.05, 0) is 61.8 Å². The van der Waals surface area contributed by atoms with Crippen molar-refractivity contribution in [3.8, 4) is 0 Å². The van der Waals surface area contributed by atoms with Crippen molar-refractivity contribution in [2.24, 2.45) is 0 Å². The Bertz CT molecular complexity index is 460. The minimum absolute atomic E-state index is 0.733. The van der Waals surface area contributed by atoms with Crippen LogP contribution in [0.5, 0.6) is 0 Å². The van der Waals surface area contributed by atoms with Gasteiger partial charge in [0, 0.05) is 24.8 Å². The first-order chi connectivity index (χ1) is 8.90. The number of hydrogen-bond acceptors (Lipinski definition) is 2. The van der Waals surface area contributed by atoms with Crippen molar-refractivity contribution in [1.29, 1.82) is 0 Å². The maximum atomic E-state index is 3.62. The first kappa shape index (κ1) is 10.9. The molecule has 4 rings (SSSR count). The monoisotopic (exact) mass is 242 g/mol. The van der Waals surface area contributed by atoms with E-state index in [0.29, 0.717) is 0 Å². The van der Waals surface area contributed by atoms with Gasteiger partial charge in [-0.2, -0.15) is 0 Å². The van der Waals surface area contributed by atoms with Gasteiger partial charge < -0.3 is 10.2 Å². The highest BCUT2D eigenvalue weighted by Gasteiger charge is 2.26. The van der Waals surface area contributed by atoms with Crippen LogP contribution in [0.3, 0.4) is 0 Å². The van der Waals surface area contributed by atoms with Gasteiger partial charge >= 0.3 is 0 Å². The average Bonchev–Trinajstić information content (AvgIpc) is 3.01. The molecule has 1 fully saturated rings. The number of aryl methyl sites for hydroxylation is 1. The summed E-state index contributed by atoms with van der Waals surface area (Å²) in [5.74, 6) is 0. The van der Waals surface area contributed by atoms with Crippen LogP contribution in [0.15, 0.2) is 12.1 Å². The minimum Gasteiger partial charge on any atom is -0.371 e. The summed E-state index contributed by atoms with van der Waals surface area (Å²) in [6.45, 7) is 3.76. The van der Waals surface area contributed by atoms with E-state index in [1.165, 1.54) is 58.2 Å². The number of benzene rings is 1. The molecule has 1 unspecified atom stereocenters. The lowest BCUT2D eigenvalue weighted by Gasteiger charge is -2.27. The van der Waals surface area contributed by atoms with E-state index in [1.807, 2.05) is 0 Å². The Hall–Kier alpha value is -1.02. The Kier molecular flexibility index (Phi) is 2.58. The van der Waals surface area contributed by atoms with Gasteiger partial charge in [0.1, 0.15) is 0 Å². The van der Waals surface area contributed by atoms with Gasteiger partial charge in [-0.15, -0.1) is 0 Å². The van der Waals surface area contributed by atoms with E-state index in [0.717, 1.165) is 6.04 Å². The van der Waals surface area contributed by atoms with Gasteiger partial charge in [-0.25, -0.2) is 0 Å². The number of nitrogens with zero attached hydrogens (tertiary/aromatic N) is 1. The van der Waals surface area contributed by atoms with Crippen LogP contribution in [0.4, 0.5) is 5.69 Å². The molecule has 3 aliphatic rings. The lowest BCUT2D eigenvalue weighted by atomic mass is 9.94. The smallest absolute Gasteiger partial charge is 0.0432 e. The molecule has 3 aliphatic heterocycles. The SMILES string of the molecule is c1c(CC2CCCN2)cc2c3c1CCCN3CC2. The average molecular weight is 242 g/mol. The fraction of sp³-hybridized carbons (Fsp3) is 0.625. The fourth-order valence-corrected chi connectivity index (χ4v) is 4.00. The van der Waals surface area contributed by atoms with Crippen LogP contribution >= 0.6 is 0 Å². The quantitative estimate of drug-likeness (QED) is 0.856. The second-order valence-corrected chi connectivity index (χ2v) is 6.10.